The zero-order chi connectivity index (χ0) is 29.8. The molecule has 8 heteroatoms. The second-order valence-electron chi connectivity index (χ2n) is 9.62. The number of ether oxygens (including phenoxy) is 1. The minimum absolute atomic E-state index is 0.146. The van der Waals surface area contributed by atoms with Crippen LogP contribution in [0.2, 0.25) is 0 Å². The molecule has 0 N–H and O–H groups in total. The van der Waals surface area contributed by atoms with E-state index >= 15 is 4.39 Å². The van der Waals surface area contributed by atoms with E-state index in [1.807, 2.05) is 102 Å². The average Bonchev–Trinajstić information content (AvgIpc) is 3.06. The number of para-hydroxylation sites is 2. The number of hydrogen-bond acceptors (Lipinski definition) is 5. The molecule has 0 radical (unpaired) electrons. The van der Waals surface area contributed by atoms with Crippen LogP contribution in [0.1, 0.15) is 0 Å². The molecular formula is C35H25F3N4O. The Kier molecular flexibility index (Phi) is 7.74. The van der Waals surface area contributed by atoms with Crippen LogP contribution < -0.4 is 14.5 Å². The number of hydrogen-bond donors (Lipinski definition) is 0. The third-order valence-electron chi connectivity index (χ3n) is 6.83. The van der Waals surface area contributed by atoms with E-state index in [1.54, 1.807) is 30.5 Å². The largest absolute Gasteiger partial charge is 0.454 e. The Balaban J connectivity index is 1.51. The highest BCUT2D eigenvalue weighted by molar-refractivity contribution is 5.80. The number of rotatable bonds is 8. The van der Waals surface area contributed by atoms with Gasteiger partial charge in [-0.25, -0.2) is 13.8 Å². The minimum atomic E-state index is -1.64. The summed E-state index contributed by atoms with van der Waals surface area (Å²) < 4.78 is 50.9. The van der Waals surface area contributed by atoms with Crippen molar-refractivity contribution in [2.75, 3.05) is 16.8 Å². The average molecular weight is 575 g/mol. The predicted octanol–water partition coefficient (Wildman–Crippen LogP) is 9.59. The number of nitrogens with zero attached hydrogens (tertiary/aromatic N) is 4. The molecule has 0 saturated heterocycles. The normalized spacial score (nSPS) is 10.8. The van der Waals surface area contributed by atoms with Gasteiger partial charge in [-0.05, 0) is 60.7 Å². The van der Waals surface area contributed by atoms with Crippen molar-refractivity contribution < 1.29 is 17.9 Å². The van der Waals surface area contributed by atoms with Gasteiger partial charge in [-0.3, -0.25) is 4.98 Å². The highest BCUT2D eigenvalue weighted by Crippen LogP contribution is 2.41. The molecule has 0 atom stereocenters. The van der Waals surface area contributed by atoms with Crippen LogP contribution >= 0.6 is 0 Å². The summed E-state index contributed by atoms with van der Waals surface area (Å²) >= 11 is 0. The van der Waals surface area contributed by atoms with Crippen molar-refractivity contribution in [2.24, 2.45) is 0 Å². The summed E-state index contributed by atoms with van der Waals surface area (Å²) in [7, 11) is 1.85. The van der Waals surface area contributed by atoms with E-state index in [0.717, 1.165) is 17.4 Å². The van der Waals surface area contributed by atoms with Gasteiger partial charge in [0.25, 0.3) is 0 Å². The molecule has 0 spiro atoms. The van der Waals surface area contributed by atoms with Crippen LogP contribution in [-0.4, -0.2) is 17.0 Å². The minimum Gasteiger partial charge on any atom is -0.454 e. The molecule has 4 aromatic carbocycles. The zero-order valence-electron chi connectivity index (χ0n) is 23.0. The molecule has 5 nitrogen and oxygen atoms in total. The maximum atomic E-state index is 15.2. The first-order chi connectivity index (χ1) is 21.0. The lowest BCUT2D eigenvalue weighted by Crippen LogP contribution is -2.14. The summed E-state index contributed by atoms with van der Waals surface area (Å²) in [6, 6.07) is 36.3. The number of pyridine rings is 2. The van der Waals surface area contributed by atoms with E-state index in [4.69, 9.17) is 4.74 Å². The van der Waals surface area contributed by atoms with Crippen LogP contribution in [0.4, 0.5) is 41.7 Å². The molecule has 2 aromatic heterocycles. The van der Waals surface area contributed by atoms with Gasteiger partial charge in [0, 0.05) is 54.2 Å². The highest BCUT2D eigenvalue weighted by atomic mass is 19.2. The van der Waals surface area contributed by atoms with Crippen LogP contribution in [0, 0.1) is 17.5 Å². The third-order valence-corrected chi connectivity index (χ3v) is 6.83. The van der Waals surface area contributed by atoms with E-state index < -0.39 is 23.2 Å². The number of halogens is 3. The van der Waals surface area contributed by atoms with Crippen LogP contribution in [0.5, 0.6) is 11.5 Å². The Hall–Kier alpha value is -5.63. The lowest BCUT2D eigenvalue weighted by Gasteiger charge is -2.28. The fraction of sp³-hybridized carbons (Fsp3) is 0.0286. The summed E-state index contributed by atoms with van der Waals surface area (Å²) in [5.41, 5.74) is 3.01. The molecule has 0 unspecified atom stereocenters. The van der Waals surface area contributed by atoms with E-state index in [2.05, 4.69) is 9.97 Å². The van der Waals surface area contributed by atoms with E-state index in [9.17, 15) is 8.78 Å². The van der Waals surface area contributed by atoms with Gasteiger partial charge < -0.3 is 14.5 Å². The Morgan fingerprint density at radius 1 is 0.558 bits per heavy atom. The van der Waals surface area contributed by atoms with Crippen molar-refractivity contribution in [1.82, 2.24) is 9.97 Å². The van der Waals surface area contributed by atoms with Crippen LogP contribution in [0.3, 0.4) is 0 Å². The summed E-state index contributed by atoms with van der Waals surface area (Å²) in [5, 5.41) is 0. The SMILES string of the molecule is CN(c1cc(Oc2cc(-c3ccccn3)c(F)c(F)c2F)cc(N(c2ccccc2)c2ccccc2)c1)c1ccccn1. The van der Waals surface area contributed by atoms with Gasteiger partial charge in [-0.15, -0.1) is 0 Å². The molecule has 0 bridgehead atoms. The van der Waals surface area contributed by atoms with E-state index in [0.29, 0.717) is 17.2 Å². The topological polar surface area (TPSA) is 41.5 Å². The van der Waals surface area contributed by atoms with Crippen molar-refractivity contribution in [1.29, 1.82) is 0 Å². The molecule has 0 fully saturated rings. The summed E-state index contributed by atoms with van der Waals surface area (Å²) in [4.78, 5) is 12.4. The Bertz CT molecular complexity index is 1800. The Labute approximate surface area is 247 Å². The van der Waals surface area contributed by atoms with Gasteiger partial charge in [0.2, 0.25) is 5.82 Å². The van der Waals surface area contributed by atoms with Crippen LogP contribution in [-0.2, 0) is 0 Å². The lowest BCUT2D eigenvalue weighted by atomic mass is 10.1. The van der Waals surface area contributed by atoms with Gasteiger partial charge in [-0.1, -0.05) is 48.5 Å². The molecule has 0 aliphatic heterocycles. The van der Waals surface area contributed by atoms with Crippen molar-refractivity contribution in [2.45, 2.75) is 0 Å². The molecule has 0 aliphatic carbocycles. The number of aromatic nitrogens is 2. The molecule has 0 saturated carbocycles. The summed E-state index contributed by atoms with van der Waals surface area (Å²) in [6.45, 7) is 0. The Morgan fingerprint density at radius 2 is 1.16 bits per heavy atom. The second kappa shape index (κ2) is 12.1. The summed E-state index contributed by atoms with van der Waals surface area (Å²) in [5.74, 6) is -4.04. The quantitative estimate of drug-likeness (QED) is 0.169. The maximum Gasteiger partial charge on any atom is 0.204 e. The fourth-order valence-corrected chi connectivity index (χ4v) is 4.73. The first kappa shape index (κ1) is 27.5. The van der Waals surface area contributed by atoms with Crippen LogP contribution in [0.25, 0.3) is 11.3 Å². The maximum absolute atomic E-state index is 15.2. The summed E-state index contributed by atoms with van der Waals surface area (Å²) in [6.07, 6.45) is 3.13. The zero-order valence-corrected chi connectivity index (χ0v) is 23.0. The van der Waals surface area contributed by atoms with Crippen LogP contribution in [0.15, 0.2) is 134 Å². The van der Waals surface area contributed by atoms with Crippen molar-refractivity contribution in [3.05, 3.63) is 151 Å². The van der Waals surface area contributed by atoms with E-state index in [-0.39, 0.29) is 17.0 Å². The first-order valence-electron chi connectivity index (χ1n) is 13.5. The number of anilines is 5. The van der Waals surface area contributed by atoms with Gasteiger partial charge in [0.05, 0.1) is 11.4 Å². The standard InChI is InChI=1S/C35H25F3N4O/c1-41(32-17-9-11-19-40-32)26-20-27(42(24-12-4-2-5-13-24)25-14-6-3-7-15-25)22-28(21-26)43-31-23-29(30-16-8-10-18-39-30)33(36)35(38)34(31)37/h2-23H,1H3. The van der Waals surface area contributed by atoms with Crippen molar-refractivity contribution in [3.63, 3.8) is 0 Å². The molecule has 0 aliphatic rings. The lowest BCUT2D eigenvalue weighted by molar-refractivity contribution is 0.395. The fourth-order valence-electron chi connectivity index (χ4n) is 4.73. The molecule has 6 rings (SSSR count). The van der Waals surface area contributed by atoms with Crippen molar-refractivity contribution >= 4 is 28.6 Å². The first-order valence-corrected chi connectivity index (χ1v) is 13.5. The van der Waals surface area contributed by atoms with Crippen molar-refractivity contribution in [3.8, 4) is 22.8 Å². The number of benzene rings is 4. The molecule has 6 aromatic rings. The molecule has 2 heterocycles. The van der Waals surface area contributed by atoms with Gasteiger partial charge in [-0.2, -0.15) is 4.39 Å². The van der Waals surface area contributed by atoms with Gasteiger partial charge in [0.15, 0.2) is 17.4 Å². The third kappa shape index (κ3) is 5.76. The highest BCUT2D eigenvalue weighted by Gasteiger charge is 2.23. The monoisotopic (exact) mass is 574 g/mol. The molecular weight excluding hydrogens is 549 g/mol. The molecule has 43 heavy (non-hydrogen) atoms. The van der Waals surface area contributed by atoms with Gasteiger partial charge >= 0.3 is 0 Å². The molecule has 212 valence electrons. The Morgan fingerprint density at radius 3 is 1.77 bits per heavy atom. The second-order valence-corrected chi connectivity index (χ2v) is 9.62. The molecule has 0 amide bonds. The van der Waals surface area contributed by atoms with E-state index in [1.165, 1.54) is 12.3 Å². The van der Waals surface area contributed by atoms with Gasteiger partial charge in [0.1, 0.15) is 11.6 Å². The smallest absolute Gasteiger partial charge is 0.204 e. The predicted molar refractivity (Wildman–Crippen MR) is 163 cm³/mol.